The largest absolute Gasteiger partial charge is 0.380 e. The normalized spacial score (nSPS) is 10.3. The predicted octanol–water partition coefficient (Wildman–Crippen LogP) is 5.39. The van der Waals surface area contributed by atoms with Crippen LogP contribution in [0, 0.1) is 0 Å². The molecule has 2 N–H and O–H groups in total. The van der Waals surface area contributed by atoms with E-state index in [-0.39, 0.29) is 11.8 Å². The van der Waals surface area contributed by atoms with Gasteiger partial charge in [0.25, 0.3) is 0 Å². The summed E-state index contributed by atoms with van der Waals surface area (Å²) in [5, 5.41) is 6.97. The number of aromatic nitrogens is 3. The molecule has 0 aliphatic carbocycles. The lowest BCUT2D eigenvalue weighted by Crippen LogP contribution is -2.34. The van der Waals surface area contributed by atoms with Gasteiger partial charge < -0.3 is 20.3 Å². The Morgan fingerprint density at radius 2 is 1.77 bits per heavy atom. The van der Waals surface area contributed by atoms with Crippen LogP contribution in [0.1, 0.15) is 47.1 Å². The van der Waals surface area contributed by atoms with Crippen molar-refractivity contribution in [3.05, 3.63) is 41.5 Å². The Hall–Kier alpha value is -2.36. The number of nitrogens with zero attached hydrogens (tertiary/aromatic N) is 4. The lowest BCUT2D eigenvalue weighted by Gasteiger charge is -2.26. The molecule has 35 heavy (non-hydrogen) atoms. The van der Waals surface area contributed by atoms with Gasteiger partial charge in [-0.3, -0.25) is 4.79 Å². The summed E-state index contributed by atoms with van der Waals surface area (Å²) in [5.41, 5.74) is 3.00. The van der Waals surface area contributed by atoms with Crippen molar-refractivity contribution in [3.8, 4) is 0 Å². The fraction of sp³-hybridized carbons (Fsp3) is 0.520. The van der Waals surface area contributed by atoms with Gasteiger partial charge in [0.05, 0.1) is 6.61 Å². The minimum Gasteiger partial charge on any atom is -0.380 e. The van der Waals surface area contributed by atoms with Crippen molar-refractivity contribution >= 4 is 46.9 Å². The number of hydrogen-bond donors (Lipinski definition) is 2. The van der Waals surface area contributed by atoms with Crippen molar-refractivity contribution in [2.75, 3.05) is 49.1 Å². The highest BCUT2D eigenvalue weighted by atomic mass is 35.5. The summed E-state index contributed by atoms with van der Waals surface area (Å²) in [4.78, 5) is 26.6. The van der Waals surface area contributed by atoms with E-state index in [1.165, 1.54) is 11.8 Å². The standard InChI is InChI=1S/C16H22ClNO2.C9H17N5S/c1-4-20-11-10-18(15(19)12-17)16(13(2)3)14-8-6-5-7-9-14;1-5-10-7-12-8(11-6(2)3)14-9(13-7)15-4/h5-9H,4,10-12H2,1-3H3;6H,5H2,1-4H3,(H2,10,11,12,13,14). The molecule has 0 fully saturated rings. The number of thioether (sulfide) groups is 1. The molecule has 194 valence electrons. The monoisotopic (exact) mass is 522 g/mol. The second-order valence-corrected chi connectivity index (χ2v) is 8.93. The fourth-order valence-electron chi connectivity index (χ4n) is 3.05. The molecule has 1 amide bonds. The number of nitrogens with one attached hydrogen (secondary N) is 2. The van der Waals surface area contributed by atoms with Crippen LogP contribution < -0.4 is 10.6 Å². The number of hydrogen-bond acceptors (Lipinski definition) is 8. The highest BCUT2D eigenvalue weighted by molar-refractivity contribution is 7.98. The van der Waals surface area contributed by atoms with Crippen LogP contribution in [0.5, 0.6) is 0 Å². The Bertz CT molecular complexity index is 923. The third-order valence-electron chi connectivity index (χ3n) is 4.42. The number of carbonyl (C=O) groups excluding carboxylic acids is 1. The minimum atomic E-state index is -0.105. The lowest BCUT2D eigenvalue weighted by atomic mass is 10.1. The number of allylic oxidation sites excluding steroid dienone is 1. The Balaban J connectivity index is 0.000000365. The van der Waals surface area contributed by atoms with Gasteiger partial charge in [0.1, 0.15) is 5.88 Å². The summed E-state index contributed by atoms with van der Waals surface area (Å²) >= 11 is 7.25. The molecule has 0 saturated carbocycles. The maximum atomic E-state index is 12.1. The van der Waals surface area contributed by atoms with E-state index in [2.05, 4.69) is 39.4 Å². The fourth-order valence-corrected chi connectivity index (χ4v) is 3.55. The smallest absolute Gasteiger partial charge is 0.242 e. The predicted molar refractivity (Wildman–Crippen MR) is 148 cm³/mol. The number of rotatable bonds is 12. The summed E-state index contributed by atoms with van der Waals surface area (Å²) in [5.74, 6) is 1.11. The topological polar surface area (TPSA) is 92.3 Å². The number of anilines is 2. The van der Waals surface area contributed by atoms with E-state index in [0.717, 1.165) is 28.5 Å². The van der Waals surface area contributed by atoms with Gasteiger partial charge in [0.15, 0.2) is 5.16 Å². The van der Waals surface area contributed by atoms with E-state index in [9.17, 15) is 4.79 Å². The summed E-state index contributed by atoms with van der Waals surface area (Å²) in [7, 11) is 0. The van der Waals surface area contributed by atoms with Gasteiger partial charge in [-0.25, -0.2) is 0 Å². The molecule has 1 heterocycles. The second kappa shape index (κ2) is 17.1. The van der Waals surface area contributed by atoms with Gasteiger partial charge in [0, 0.05) is 31.4 Å². The highest BCUT2D eigenvalue weighted by Gasteiger charge is 2.19. The molecule has 0 unspecified atom stereocenters. The number of alkyl halides is 1. The molecule has 0 radical (unpaired) electrons. The maximum absolute atomic E-state index is 12.1. The Labute approximate surface area is 219 Å². The van der Waals surface area contributed by atoms with Gasteiger partial charge in [-0.15, -0.1) is 11.6 Å². The summed E-state index contributed by atoms with van der Waals surface area (Å²) in [6, 6.07) is 10.2. The third-order valence-corrected chi connectivity index (χ3v) is 5.20. The Morgan fingerprint density at radius 1 is 1.11 bits per heavy atom. The molecule has 10 heteroatoms. The summed E-state index contributed by atoms with van der Waals surface area (Å²) < 4.78 is 5.36. The van der Waals surface area contributed by atoms with Gasteiger partial charge in [-0.2, -0.15) is 15.0 Å². The van der Waals surface area contributed by atoms with Crippen molar-refractivity contribution < 1.29 is 9.53 Å². The molecule has 1 aromatic carbocycles. The first-order valence-electron chi connectivity index (χ1n) is 11.7. The summed E-state index contributed by atoms with van der Waals surface area (Å²) in [6.07, 6.45) is 1.95. The average molecular weight is 523 g/mol. The Morgan fingerprint density at radius 3 is 2.29 bits per heavy atom. The third kappa shape index (κ3) is 11.3. The number of benzene rings is 1. The molecule has 0 bridgehead atoms. The van der Waals surface area contributed by atoms with Gasteiger partial charge in [-0.05, 0) is 53.4 Å². The lowest BCUT2D eigenvalue weighted by molar-refractivity contribution is -0.125. The minimum absolute atomic E-state index is 0.0320. The highest BCUT2D eigenvalue weighted by Crippen LogP contribution is 2.23. The van der Waals surface area contributed by atoms with Crippen molar-refractivity contribution in [2.45, 2.75) is 52.7 Å². The van der Waals surface area contributed by atoms with Crippen LogP contribution in [0.4, 0.5) is 11.9 Å². The number of carbonyl (C=O) groups is 1. The van der Waals surface area contributed by atoms with Gasteiger partial charge in [0.2, 0.25) is 17.8 Å². The molecular weight excluding hydrogens is 484 g/mol. The first kappa shape index (κ1) is 30.7. The van der Waals surface area contributed by atoms with Crippen LogP contribution in [0.15, 0.2) is 41.1 Å². The van der Waals surface area contributed by atoms with Crippen molar-refractivity contribution in [3.63, 3.8) is 0 Å². The van der Waals surface area contributed by atoms with Crippen LogP contribution in [0.25, 0.3) is 5.70 Å². The van der Waals surface area contributed by atoms with Crippen LogP contribution in [0.3, 0.4) is 0 Å². The van der Waals surface area contributed by atoms with Crippen LogP contribution in [-0.4, -0.2) is 70.2 Å². The molecule has 2 aromatic rings. The molecular formula is C25H39ClN6O2S. The zero-order valence-corrected chi connectivity index (χ0v) is 23.5. The van der Waals surface area contributed by atoms with Crippen LogP contribution >= 0.6 is 23.4 Å². The number of halogens is 1. The SMILES string of the molecule is CCNc1nc(NC(C)C)nc(SC)n1.CCOCCN(C(=O)CCl)C(=C(C)C)c1ccccc1. The number of amides is 1. The van der Waals surface area contributed by atoms with Gasteiger partial charge >= 0.3 is 0 Å². The Kier molecular flexibility index (Phi) is 15.0. The van der Waals surface area contributed by atoms with E-state index in [1.54, 1.807) is 4.90 Å². The second-order valence-electron chi connectivity index (χ2n) is 7.89. The van der Waals surface area contributed by atoms with Gasteiger partial charge in [-0.1, -0.05) is 47.7 Å². The molecule has 0 aliphatic rings. The zero-order chi connectivity index (χ0) is 26.2. The van der Waals surface area contributed by atoms with Crippen molar-refractivity contribution in [1.82, 2.24) is 19.9 Å². The molecule has 0 spiro atoms. The molecule has 0 atom stereocenters. The molecule has 0 aliphatic heterocycles. The quantitative estimate of drug-likeness (QED) is 0.218. The summed E-state index contributed by atoms with van der Waals surface area (Å²) in [6.45, 7) is 14.5. The maximum Gasteiger partial charge on any atom is 0.242 e. The van der Waals surface area contributed by atoms with E-state index >= 15 is 0 Å². The van der Waals surface area contributed by atoms with E-state index in [0.29, 0.717) is 37.7 Å². The first-order valence-corrected chi connectivity index (χ1v) is 13.5. The van der Waals surface area contributed by atoms with E-state index < -0.39 is 0 Å². The zero-order valence-electron chi connectivity index (χ0n) is 21.9. The molecule has 1 aromatic heterocycles. The molecule has 0 saturated heterocycles. The van der Waals surface area contributed by atoms with Crippen LogP contribution in [0.2, 0.25) is 0 Å². The average Bonchev–Trinajstić information content (AvgIpc) is 2.83. The molecule has 8 nitrogen and oxygen atoms in total. The van der Waals surface area contributed by atoms with E-state index in [4.69, 9.17) is 16.3 Å². The molecule has 2 rings (SSSR count). The van der Waals surface area contributed by atoms with Crippen LogP contribution in [-0.2, 0) is 9.53 Å². The van der Waals surface area contributed by atoms with E-state index in [1.807, 2.05) is 64.3 Å². The van der Waals surface area contributed by atoms with Crippen molar-refractivity contribution in [1.29, 1.82) is 0 Å². The number of ether oxygens (including phenoxy) is 1. The van der Waals surface area contributed by atoms with Crippen molar-refractivity contribution in [2.24, 2.45) is 0 Å². The first-order chi connectivity index (χ1) is 16.8.